The van der Waals surface area contributed by atoms with Crippen molar-refractivity contribution >= 4 is 56.1 Å². The number of piperazine rings is 2. The molecule has 6 rings (SSSR count). The lowest BCUT2D eigenvalue weighted by molar-refractivity contribution is 0.0592. The van der Waals surface area contributed by atoms with Crippen LogP contribution < -0.4 is 13.9 Å². The molecule has 332 valence electrons. The third kappa shape index (κ3) is 12.3. The van der Waals surface area contributed by atoms with E-state index in [1.54, 1.807) is 77.1 Å². The molecule has 2 fully saturated rings. The zero-order valence-electron chi connectivity index (χ0n) is 35.9. The van der Waals surface area contributed by atoms with E-state index in [-0.39, 0.29) is 49.7 Å². The first-order chi connectivity index (χ1) is 28.6. The molecule has 0 aliphatic carbocycles. The number of nitrogens with one attached hydrogen (secondary N) is 1. The molecule has 2 aliphatic rings. The molecule has 0 saturated carbocycles. The summed E-state index contributed by atoms with van der Waals surface area (Å²) < 4.78 is 70.1. The minimum absolute atomic E-state index is 0. The number of methoxy groups -OCH3 is 2. The summed E-state index contributed by atoms with van der Waals surface area (Å²) in [7, 11) is -4.83. The molecule has 17 heteroatoms. The molecule has 14 nitrogen and oxygen atoms in total. The summed E-state index contributed by atoms with van der Waals surface area (Å²) in [5, 5.41) is 3.36. The number of carbonyl (C=O) groups is 2. The van der Waals surface area contributed by atoms with Crippen molar-refractivity contribution in [3.8, 4) is 0 Å². The van der Waals surface area contributed by atoms with E-state index in [2.05, 4.69) is 31.0 Å². The largest absolute Gasteiger partial charge is 0.465 e. The van der Waals surface area contributed by atoms with E-state index in [1.165, 1.54) is 27.1 Å². The number of para-hydroxylation sites is 2. The third-order valence-electron chi connectivity index (χ3n) is 10.7. The molecular formula is C44H59ClN6O8S2. The molecule has 1 N–H and O–H groups in total. The molecule has 61 heavy (non-hydrogen) atoms. The van der Waals surface area contributed by atoms with Crippen LogP contribution in [0.2, 0.25) is 0 Å². The first kappa shape index (κ1) is 49.1. The van der Waals surface area contributed by atoms with Crippen molar-refractivity contribution in [3.05, 3.63) is 131 Å². The highest BCUT2D eigenvalue weighted by atomic mass is 35.5. The van der Waals surface area contributed by atoms with Crippen LogP contribution in [-0.4, -0.2) is 113 Å². The van der Waals surface area contributed by atoms with Crippen LogP contribution in [0, 0.1) is 0 Å². The predicted molar refractivity (Wildman–Crippen MR) is 242 cm³/mol. The van der Waals surface area contributed by atoms with Gasteiger partial charge in [0.05, 0.1) is 49.8 Å². The van der Waals surface area contributed by atoms with E-state index >= 15 is 0 Å². The number of halogens is 1. The maximum atomic E-state index is 13.8. The van der Waals surface area contributed by atoms with Crippen molar-refractivity contribution in [1.82, 2.24) is 18.8 Å². The van der Waals surface area contributed by atoms with Gasteiger partial charge in [0, 0.05) is 50.3 Å². The van der Waals surface area contributed by atoms with Crippen LogP contribution in [0.4, 0.5) is 11.4 Å². The van der Waals surface area contributed by atoms with Gasteiger partial charge < -0.3 is 14.8 Å². The minimum Gasteiger partial charge on any atom is -0.465 e. The quantitative estimate of drug-likeness (QED) is 0.159. The number of likely N-dealkylation sites (N-methyl/N-ethyl adjacent to an activating group) is 1. The molecule has 2 heterocycles. The second kappa shape index (κ2) is 22.0. The van der Waals surface area contributed by atoms with E-state index < -0.39 is 32.4 Å². The number of hydrogen-bond donors (Lipinski definition) is 1. The molecule has 2 saturated heterocycles. The number of anilines is 2. The Kier molecular flexibility index (Phi) is 17.7. The van der Waals surface area contributed by atoms with Crippen LogP contribution in [0.15, 0.2) is 109 Å². The molecule has 4 atom stereocenters. The Morgan fingerprint density at radius 2 is 0.934 bits per heavy atom. The molecule has 0 unspecified atom stereocenters. The maximum absolute atomic E-state index is 13.8. The van der Waals surface area contributed by atoms with Gasteiger partial charge in [-0.1, -0.05) is 67.6 Å². The molecular weight excluding hydrogens is 840 g/mol. The van der Waals surface area contributed by atoms with Gasteiger partial charge >= 0.3 is 32.4 Å². The molecule has 0 bridgehead atoms. The predicted octanol–water partition coefficient (Wildman–Crippen LogP) is 5.97. The van der Waals surface area contributed by atoms with Crippen molar-refractivity contribution in [2.75, 3.05) is 55.6 Å². The third-order valence-corrected chi connectivity index (χ3v) is 14.4. The minimum atomic E-state index is -3.76. The van der Waals surface area contributed by atoms with E-state index in [0.717, 1.165) is 17.7 Å². The number of rotatable bonds is 13. The van der Waals surface area contributed by atoms with Crippen molar-refractivity contribution in [3.63, 3.8) is 0 Å². The SMILES string of the molecule is CCN1[C@H](C)CN(S(=O)(=O)N(Cc2ccc(C(=O)OC)cc2)c2ccccc2)C[C@@H]1C.COC(=O)c1ccc(CN(c2ccccc2)S(=O)(=O)N2C[C@@H](C)N[C@@H](C)C2)cc1.Cl. The van der Waals surface area contributed by atoms with Gasteiger partial charge in [-0.05, 0) is 93.9 Å². The van der Waals surface area contributed by atoms with Gasteiger partial charge in [0.2, 0.25) is 0 Å². The number of nitrogens with zero attached hydrogens (tertiary/aromatic N) is 5. The normalized spacial score (nSPS) is 20.0. The van der Waals surface area contributed by atoms with Crippen molar-refractivity contribution < 1.29 is 35.9 Å². The molecule has 4 aromatic carbocycles. The van der Waals surface area contributed by atoms with Gasteiger partial charge in [-0.2, -0.15) is 25.4 Å². The first-order valence-corrected chi connectivity index (χ1v) is 22.9. The van der Waals surface area contributed by atoms with Crippen LogP contribution in [0.1, 0.15) is 66.5 Å². The van der Waals surface area contributed by atoms with Gasteiger partial charge in [-0.3, -0.25) is 13.5 Å². The van der Waals surface area contributed by atoms with Crippen LogP contribution in [0.3, 0.4) is 0 Å². The molecule has 0 spiro atoms. The Labute approximate surface area is 368 Å². The van der Waals surface area contributed by atoms with E-state index in [4.69, 9.17) is 9.47 Å². The summed E-state index contributed by atoms with van der Waals surface area (Å²) in [4.78, 5) is 25.7. The Balaban J connectivity index is 0.000000265. The fourth-order valence-electron chi connectivity index (χ4n) is 7.72. The number of benzene rings is 4. The number of ether oxygens (including phenoxy) is 2. The topological polar surface area (TPSA) is 149 Å². The second-order valence-corrected chi connectivity index (χ2v) is 18.9. The highest BCUT2D eigenvalue weighted by Gasteiger charge is 2.38. The van der Waals surface area contributed by atoms with Crippen molar-refractivity contribution in [2.24, 2.45) is 0 Å². The first-order valence-electron chi connectivity index (χ1n) is 20.1. The lowest BCUT2D eigenvalue weighted by Crippen LogP contribution is -2.60. The zero-order chi connectivity index (χ0) is 43.6. The Morgan fingerprint density at radius 1 is 0.590 bits per heavy atom. The van der Waals surface area contributed by atoms with E-state index in [9.17, 15) is 26.4 Å². The summed E-state index contributed by atoms with van der Waals surface area (Å²) >= 11 is 0. The fraction of sp³-hybridized carbons (Fsp3) is 0.409. The second-order valence-electron chi connectivity index (χ2n) is 15.2. The van der Waals surface area contributed by atoms with Gasteiger partial charge in [-0.15, -0.1) is 12.4 Å². The summed E-state index contributed by atoms with van der Waals surface area (Å²) in [6.07, 6.45) is 0. The summed E-state index contributed by atoms with van der Waals surface area (Å²) in [5.41, 5.74) is 3.63. The summed E-state index contributed by atoms with van der Waals surface area (Å²) in [6.45, 7) is 13.2. The maximum Gasteiger partial charge on any atom is 0.337 e. The standard InChI is InChI=1S/C23H31N3O4S.C21H27N3O4S.ClH/c1-5-25-18(2)15-24(16-19(25)3)31(28,29)26(22-9-7-6-8-10-22)17-20-11-13-21(14-12-20)23(27)30-4;1-16-13-23(14-17(2)22-16)29(26,27)24(20-7-5-4-6-8-20)15-18-9-11-19(12-10-18)21(25)28-3;/h6-14,18-19H,5,15-17H2,1-4H3;4-12,16-17,22H,13-15H2,1-3H3;1H/t18-,19+;16-,17+;. The monoisotopic (exact) mass is 898 g/mol. The lowest BCUT2D eigenvalue weighted by atomic mass is 10.1. The van der Waals surface area contributed by atoms with Crippen molar-refractivity contribution in [1.29, 1.82) is 0 Å². The Hall–Kier alpha value is -4.55. The Bertz CT molecular complexity index is 2220. The zero-order valence-corrected chi connectivity index (χ0v) is 38.3. The number of carbonyl (C=O) groups excluding carboxylic acids is 2. The lowest BCUT2D eigenvalue weighted by Gasteiger charge is -2.44. The molecule has 0 aromatic heterocycles. The molecule has 4 aromatic rings. The van der Waals surface area contributed by atoms with E-state index in [0.29, 0.717) is 48.7 Å². The van der Waals surface area contributed by atoms with Crippen LogP contribution in [0.25, 0.3) is 0 Å². The molecule has 0 radical (unpaired) electrons. The highest BCUT2D eigenvalue weighted by molar-refractivity contribution is 7.90. The smallest absolute Gasteiger partial charge is 0.337 e. The van der Waals surface area contributed by atoms with Gasteiger partial charge in [0.1, 0.15) is 0 Å². The van der Waals surface area contributed by atoms with Gasteiger partial charge in [0.15, 0.2) is 0 Å². The average Bonchev–Trinajstić information content (AvgIpc) is 3.24. The average molecular weight is 900 g/mol. The molecule has 2 aliphatic heterocycles. The van der Waals surface area contributed by atoms with Crippen LogP contribution in [-0.2, 0) is 43.0 Å². The van der Waals surface area contributed by atoms with Gasteiger partial charge in [0.25, 0.3) is 0 Å². The summed E-state index contributed by atoms with van der Waals surface area (Å²) in [5.74, 6) is -0.844. The highest BCUT2D eigenvalue weighted by Crippen LogP contribution is 2.28. The number of esters is 2. The van der Waals surface area contributed by atoms with Crippen LogP contribution in [0.5, 0.6) is 0 Å². The summed E-state index contributed by atoms with van der Waals surface area (Å²) in [6, 6.07) is 32.3. The van der Waals surface area contributed by atoms with Crippen molar-refractivity contribution in [2.45, 2.75) is 71.9 Å². The van der Waals surface area contributed by atoms with Gasteiger partial charge in [-0.25, -0.2) is 9.59 Å². The number of hydrogen-bond acceptors (Lipinski definition) is 10. The fourth-order valence-corrected chi connectivity index (χ4v) is 11.3. The van der Waals surface area contributed by atoms with Crippen LogP contribution >= 0.6 is 12.4 Å². The Morgan fingerprint density at radius 3 is 1.26 bits per heavy atom. The molecule has 0 amide bonds. The van der Waals surface area contributed by atoms with E-state index in [1.807, 2.05) is 50.2 Å².